The lowest BCUT2D eigenvalue weighted by molar-refractivity contribution is -0.143. The van der Waals surface area contributed by atoms with E-state index < -0.39 is 6.29 Å². The number of nitrogens with one attached hydrogen (secondary N) is 1. The fourth-order valence-electron chi connectivity index (χ4n) is 1.57. The highest BCUT2D eigenvalue weighted by molar-refractivity contribution is 6.27. The van der Waals surface area contributed by atoms with Crippen LogP contribution in [0.3, 0.4) is 0 Å². The molecular weight excluding hydrogens is 266 g/mol. The summed E-state index contributed by atoms with van der Waals surface area (Å²) in [5.74, 6) is -0.160. The standard InChI is InChI=1S/C12H23NO5Si/c1-9(2)18-19-7-3-5-13-11(14)8-17-10-4-6-16-12(10)15/h9-10,12,15H,3-8H2,1-2H3,(H,13,14). The van der Waals surface area contributed by atoms with Gasteiger partial charge >= 0.3 is 0 Å². The highest BCUT2D eigenvalue weighted by Gasteiger charge is 2.27. The largest absolute Gasteiger partial charge is 0.415 e. The molecule has 0 saturated carbocycles. The molecule has 2 atom stereocenters. The molecule has 1 aliphatic rings. The summed E-state index contributed by atoms with van der Waals surface area (Å²) in [5.41, 5.74) is 0. The summed E-state index contributed by atoms with van der Waals surface area (Å²) in [5, 5.41) is 12.1. The van der Waals surface area contributed by atoms with Crippen LogP contribution < -0.4 is 5.32 Å². The number of amides is 1. The monoisotopic (exact) mass is 289 g/mol. The summed E-state index contributed by atoms with van der Waals surface area (Å²) in [6.45, 7) is 5.08. The van der Waals surface area contributed by atoms with E-state index in [0.29, 0.717) is 29.3 Å². The minimum Gasteiger partial charge on any atom is -0.415 e. The predicted molar refractivity (Wildman–Crippen MR) is 70.7 cm³/mol. The van der Waals surface area contributed by atoms with Crippen molar-refractivity contribution < 1.29 is 23.8 Å². The lowest BCUT2D eigenvalue weighted by atomic mass is 10.3. The molecule has 0 spiro atoms. The van der Waals surface area contributed by atoms with Crippen molar-refractivity contribution in [2.75, 3.05) is 19.8 Å². The molecule has 2 radical (unpaired) electrons. The molecule has 6 nitrogen and oxygen atoms in total. The van der Waals surface area contributed by atoms with Gasteiger partial charge in [0.1, 0.15) is 12.7 Å². The van der Waals surface area contributed by atoms with Crippen molar-refractivity contribution >= 4 is 15.7 Å². The molecule has 110 valence electrons. The fraction of sp³-hybridized carbons (Fsp3) is 0.917. The Hall–Kier alpha value is -0.473. The summed E-state index contributed by atoms with van der Waals surface area (Å²) < 4.78 is 15.6. The second-order valence-electron chi connectivity index (χ2n) is 4.66. The predicted octanol–water partition coefficient (Wildman–Crippen LogP) is 0.0791. The maximum atomic E-state index is 11.5. The SMILES string of the molecule is CC(C)O[Si]CCCNC(=O)COC1CCOC1O. The van der Waals surface area contributed by atoms with Crippen molar-refractivity contribution in [2.24, 2.45) is 0 Å². The number of aliphatic hydroxyl groups excluding tert-OH is 1. The van der Waals surface area contributed by atoms with Crippen molar-refractivity contribution in [3.05, 3.63) is 0 Å². The van der Waals surface area contributed by atoms with Crippen LogP contribution >= 0.6 is 0 Å². The summed E-state index contributed by atoms with van der Waals surface area (Å²) >= 11 is 0. The molecule has 0 bridgehead atoms. The Morgan fingerprint density at radius 1 is 1.58 bits per heavy atom. The highest BCUT2D eigenvalue weighted by Crippen LogP contribution is 2.14. The highest BCUT2D eigenvalue weighted by atomic mass is 28.2. The van der Waals surface area contributed by atoms with E-state index in [9.17, 15) is 9.90 Å². The first-order valence-corrected chi connectivity index (χ1v) is 7.77. The van der Waals surface area contributed by atoms with Crippen molar-refractivity contribution in [3.8, 4) is 0 Å². The number of hydrogen-bond donors (Lipinski definition) is 2. The molecule has 0 aliphatic carbocycles. The van der Waals surface area contributed by atoms with Gasteiger partial charge in [0.15, 0.2) is 6.29 Å². The molecule has 1 rings (SSSR count). The van der Waals surface area contributed by atoms with Gasteiger partial charge in [0.2, 0.25) is 15.7 Å². The maximum absolute atomic E-state index is 11.5. The van der Waals surface area contributed by atoms with Crippen LogP contribution in [-0.4, -0.2) is 59.0 Å². The van der Waals surface area contributed by atoms with Gasteiger partial charge in [-0.15, -0.1) is 0 Å². The van der Waals surface area contributed by atoms with Crippen LogP contribution in [0.4, 0.5) is 0 Å². The van der Waals surface area contributed by atoms with Crippen LogP contribution in [0.5, 0.6) is 0 Å². The third-order valence-corrected chi connectivity index (χ3v) is 3.73. The lowest BCUT2D eigenvalue weighted by Crippen LogP contribution is -2.33. The first-order valence-electron chi connectivity index (χ1n) is 6.66. The fourth-order valence-corrected chi connectivity index (χ4v) is 2.34. The Bertz CT molecular complexity index is 265. The van der Waals surface area contributed by atoms with Crippen molar-refractivity contribution in [2.45, 2.75) is 51.2 Å². The van der Waals surface area contributed by atoms with Gasteiger partial charge < -0.3 is 24.3 Å². The summed E-state index contributed by atoms with van der Waals surface area (Å²) in [6.07, 6.45) is 0.504. The number of ether oxygens (including phenoxy) is 2. The van der Waals surface area contributed by atoms with Gasteiger partial charge in [0.05, 0.1) is 6.61 Å². The number of aliphatic hydroxyl groups is 1. The third kappa shape index (κ3) is 7.63. The minimum absolute atomic E-state index is 0.0319. The van der Waals surface area contributed by atoms with Crippen molar-refractivity contribution in [3.63, 3.8) is 0 Å². The first-order chi connectivity index (χ1) is 9.09. The van der Waals surface area contributed by atoms with E-state index in [-0.39, 0.29) is 24.7 Å². The Morgan fingerprint density at radius 3 is 3.00 bits per heavy atom. The lowest BCUT2D eigenvalue weighted by Gasteiger charge is -2.13. The maximum Gasteiger partial charge on any atom is 0.246 e. The molecule has 2 N–H and O–H groups in total. The van der Waals surface area contributed by atoms with Gasteiger partial charge in [0, 0.05) is 19.1 Å². The van der Waals surface area contributed by atoms with Crippen LogP contribution in [0.1, 0.15) is 26.7 Å². The van der Waals surface area contributed by atoms with E-state index in [1.165, 1.54) is 0 Å². The van der Waals surface area contributed by atoms with Crippen LogP contribution in [0.25, 0.3) is 0 Å². The van der Waals surface area contributed by atoms with E-state index >= 15 is 0 Å². The van der Waals surface area contributed by atoms with E-state index in [0.717, 1.165) is 12.5 Å². The number of carbonyl (C=O) groups is 1. The number of hydrogen-bond acceptors (Lipinski definition) is 5. The van der Waals surface area contributed by atoms with E-state index in [1.807, 2.05) is 13.8 Å². The first kappa shape index (κ1) is 16.6. The van der Waals surface area contributed by atoms with Gasteiger partial charge in [-0.05, 0) is 26.3 Å². The Kier molecular flexibility index (Phi) is 8.23. The average molecular weight is 289 g/mol. The normalized spacial score (nSPS) is 22.9. The van der Waals surface area contributed by atoms with Crippen LogP contribution in [0, 0.1) is 0 Å². The second kappa shape index (κ2) is 9.43. The molecule has 1 amide bonds. The molecular formula is C12H23NO5Si. The smallest absolute Gasteiger partial charge is 0.246 e. The van der Waals surface area contributed by atoms with E-state index in [4.69, 9.17) is 13.9 Å². The molecule has 1 aliphatic heterocycles. The molecule has 0 aromatic heterocycles. The van der Waals surface area contributed by atoms with Gasteiger partial charge in [-0.25, -0.2) is 0 Å². The molecule has 2 unspecified atom stereocenters. The summed E-state index contributed by atoms with van der Waals surface area (Å²) in [4.78, 5) is 11.5. The molecule has 1 fully saturated rings. The van der Waals surface area contributed by atoms with Crippen molar-refractivity contribution in [1.82, 2.24) is 5.32 Å². The molecule has 1 saturated heterocycles. The van der Waals surface area contributed by atoms with Gasteiger partial charge in [-0.2, -0.15) is 0 Å². The molecule has 19 heavy (non-hydrogen) atoms. The minimum atomic E-state index is -0.901. The van der Waals surface area contributed by atoms with Crippen LogP contribution in [0.2, 0.25) is 6.04 Å². The van der Waals surface area contributed by atoms with Crippen LogP contribution in [-0.2, 0) is 18.7 Å². The van der Waals surface area contributed by atoms with Gasteiger partial charge in [0.25, 0.3) is 0 Å². The molecule has 0 aromatic rings. The summed E-state index contributed by atoms with van der Waals surface area (Å²) in [7, 11) is 0.486. The van der Waals surface area contributed by atoms with Crippen molar-refractivity contribution in [1.29, 1.82) is 0 Å². The van der Waals surface area contributed by atoms with Gasteiger partial charge in [-0.3, -0.25) is 4.79 Å². The second-order valence-corrected chi connectivity index (χ2v) is 5.69. The molecule has 7 heteroatoms. The zero-order valence-electron chi connectivity index (χ0n) is 11.6. The summed E-state index contributed by atoms with van der Waals surface area (Å²) in [6, 6.07) is 0.953. The topological polar surface area (TPSA) is 77.0 Å². The third-order valence-electron chi connectivity index (χ3n) is 2.53. The average Bonchev–Trinajstić information content (AvgIpc) is 2.76. The van der Waals surface area contributed by atoms with E-state index in [2.05, 4.69) is 5.32 Å². The Balaban J connectivity index is 1.93. The number of carbonyl (C=O) groups excluding carboxylic acids is 1. The van der Waals surface area contributed by atoms with E-state index in [1.54, 1.807) is 0 Å². The zero-order valence-corrected chi connectivity index (χ0v) is 12.6. The Labute approximate surface area is 116 Å². The van der Waals surface area contributed by atoms with Crippen LogP contribution in [0.15, 0.2) is 0 Å². The van der Waals surface area contributed by atoms with Gasteiger partial charge in [-0.1, -0.05) is 0 Å². The molecule has 0 aromatic carbocycles. The Morgan fingerprint density at radius 2 is 2.37 bits per heavy atom. The quantitative estimate of drug-likeness (QED) is 0.464. The zero-order chi connectivity index (χ0) is 14.1. The molecule has 1 heterocycles. The number of rotatable bonds is 9.